The highest BCUT2D eigenvalue weighted by molar-refractivity contribution is 6.30. The van der Waals surface area contributed by atoms with Crippen LogP contribution in [0.5, 0.6) is 0 Å². The lowest BCUT2D eigenvalue weighted by Gasteiger charge is -2.42. The Morgan fingerprint density at radius 1 is 0.912 bits per heavy atom. The molecule has 0 aliphatic carbocycles. The Bertz CT molecular complexity index is 1340. The van der Waals surface area contributed by atoms with E-state index in [9.17, 15) is 0 Å². The highest BCUT2D eigenvalue weighted by atomic mass is 35.5. The van der Waals surface area contributed by atoms with Gasteiger partial charge in [0.05, 0.1) is 0 Å². The number of likely N-dealkylation sites (tertiary alicyclic amines) is 1. The molecule has 1 aromatic heterocycles. The van der Waals surface area contributed by atoms with Crippen LogP contribution in [0.25, 0.3) is 22.2 Å². The van der Waals surface area contributed by atoms with Crippen molar-refractivity contribution in [3.8, 4) is 18.5 Å². The zero-order chi connectivity index (χ0) is 24.3. The van der Waals surface area contributed by atoms with Gasteiger partial charge in [-0.05, 0) is 72.0 Å². The summed E-state index contributed by atoms with van der Waals surface area (Å²) in [5, 5.41) is 3.31. The van der Waals surface area contributed by atoms with Crippen molar-refractivity contribution < 1.29 is 0 Å². The Labute approximate surface area is 208 Å². The van der Waals surface area contributed by atoms with Crippen molar-refractivity contribution >= 4 is 28.1 Å². The van der Waals surface area contributed by atoms with Crippen LogP contribution in [0, 0.1) is 19.8 Å². The summed E-state index contributed by atoms with van der Waals surface area (Å²) in [7, 11) is 0. The summed E-state index contributed by atoms with van der Waals surface area (Å²) >= 11 is 6.33. The molecule has 3 aromatic carbocycles. The number of hydrogen-bond donors (Lipinski definition) is 0. The lowest BCUT2D eigenvalue weighted by Crippen LogP contribution is -2.40. The van der Waals surface area contributed by atoms with E-state index in [2.05, 4.69) is 116 Å². The van der Waals surface area contributed by atoms with Crippen LogP contribution >= 0.6 is 11.6 Å². The number of fused-ring (bicyclic) bond motifs is 1. The molecule has 1 saturated heterocycles. The highest BCUT2D eigenvalue weighted by Gasteiger charge is 2.34. The summed E-state index contributed by atoms with van der Waals surface area (Å²) < 4.78 is 2.33. The molecule has 5 rings (SSSR count). The molecule has 1 aliphatic rings. The summed E-state index contributed by atoms with van der Waals surface area (Å²) in [4.78, 5) is 2.45. The molecule has 0 radical (unpaired) electrons. The van der Waals surface area contributed by atoms with Gasteiger partial charge in [0.15, 0.2) is 0 Å². The minimum atomic E-state index is 0.110. The number of piperidine rings is 1. The highest BCUT2D eigenvalue weighted by Crippen LogP contribution is 2.39. The molecule has 0 amide bonds. The molecule has 1 aliphatic heterocycles. The molecule has 0 spiro atoms. The number of aryl methyl sites for hydroxylation is 1. The van der Waals surface area contributed by atoms with Crippen molar-refractivity contribution in [2.75, 3.05) is 13.1 Å². The van der Waals surface area contributed by atoms with E-state index >= 15 is 0 Å². The van der Waals surface area contributed by atoms with Crippen LogP contribution in [-0.2, 0) is 5.41 Å². The minimum Gasteiger partial charge on any atom is -0.371 e. The number of nitrogens with zero attached hydrogens (tertiary/aromatic N) is 2. The summed E-state index contributed by atoms with van der Waals surface area (Å²) in [5.41, 5.74) is 6.21. The van der Waals surface area contributed by atoms with Gasteiger partial charge in [-0.3, -0.25) is 0 Å². The van der Waals surface area contributed by atoms with Gasteiger partial charge in [-0.2, -0.15) is 0 Å². The lowest BCUT2D eigenvalue weighted by molar-refractivity contribution is 0.226. The molecule has 0 bridgehead atoms. The monoisotopic (exact) mass is 466 g/mol. The smallest absolute Gasteiger partial charge is 0.0496 e. The Morgan fingerprint density at radius 3 is 2.35 bits per heavy atom. The van der Waals surface area contributed by atoms with Crippen molar-refractivity contribution in [3.05, 3.63) is 107 Å². The van der Waals surface area contributed by atoms with Gasteiger partial charge in [0.1, 0.15) is 0 Å². The molecule has 4 aromatic rings. The van der Waals surface area contributed by atoms with Crippen molar-refractivity contribution in [1.29, 1.82) is 0 Å². The normalized spacial score (nSPS) is 14.9. The third-order valence-electron chi connectivity index (χ3n) is 7.13. The SMILES string of the molecule is C#C.C=C(c1ccc2ccccc2c1)N1CCC(C)(c2cccn2-c2cc(Cl)ccc2C)CC1. The van der Waals surface area contributed by atoms with Gasteiger partial charge in [-0.25, -0.2) is 0 Å². The quantitative estimate of drug-likeness (QED) is 0.278. The van der Waals surface area contributed by atoms with E-state index in [1.54, 1.807) is 0 Å². The first-order valence-electron chi connectivity index (χ1n) is 11.7. The summed E-state index contributed by atoms with van der Waals surface area (Å²) in [6.45, 7) is 11.0. The fourth-order valence-corrected chi connectivity index (χ4v) is 5.17. The Balaban J connectivity index is 0.00000133. The second-order valence-electron chi connectivity index (χ2n) is 9.25. The van der Waals surface area contributed by atoms with Gasteiger partial charge in [0, 0.05) is 46.8 Å². The molecule has 0 atom stereocenters. The predicted octanol–water partition coefficient (Wildman–Crippen LogP) is 7.87. The van der Waals surface area contributed by atoms with Crippen LogP contribution in [0.1, 0.15) is 36.6 Å². The molecule has 0 saturated carbocycles. The molecule has 3 heteroatoms. The molecule has 0 unspecified atom stereocenters. The molecule has 34 heavy (non-hydrogen) atoms. The molecule has 172 valence electrons. The number of aromatic nitrogens is 1. The summed E-state index contributed by atoms with van der Waals surface area (Å²) in [6.07, 6.45) is 12.3. The first-order chi connectivity index (χ1) is 16.4. The third kappa shape index (κ3) is 4.49. The van der Waals surface area contributed by atoms with Crippen molar-refractivity contribution in [1.82, 2.24) is 9.47 Å². The van der Waals surface area contributed by atoms with Gasteiger partial charge in [-0.15, -0.1) is 12.8 Å². The second kappa shape index (κ2) is 9.84. The Kier molecular flexibility index (Phi) is 6.87. The van der Waals surface area contributed by atoms with Gasteiger partial charge >= 0.3 is 0 Å². The van der Waals surface area contributed by atoms with Crippen LogP contribution in [0.2, 0.25) is 5.02 Å². The van der Waals surface area contributed by atoms with Gasteiger partial charge in [0.25, 0.3) is 0 Å². The number of terminal acetylenes is 1. The zero-order valence-corrected chi connectivity index (χ0v) is 20.7. The first kappa shape index (κ1) is 23.7. The predicted molar refractivity (Wildman–Crippen MR) is 147 cm³/mol. The average Bonchev–Trinajstić information content (AvgIpc) is 3.37. The fourth-order valence-electron chi connectivity index (χ4n) is 5.00. The Hall–Kier alpha value is -3.41. The van der Waals surface area contributed by atoms with Gasteiger partial charge < -0.3 is 9.47 Å². The molecule has 2 heterocycles. The van der Waals surface area contributed by atoms with Gasteiger partial charge in [-0.1, -0.05) is 67.6 Å². The first-order valence-corrected chi connectivity index (χ1v) is 12.0. The van der Waals surface area contributed by atoms with E-state index in [4.69, 9.17) is 11.6 Å². The van der Waals surface area contributed by atoms with E-state index < -0.39 is 0 Å². The molecule has 0 N–H and O–H groups in total. The van der Waals surface area contributed by atoms with E-state index in [1.807, 2.05) is 6.07 Å². The maximum absolute atomic E-state index is 6.33. The van der Waals surface area contributed by atoms with Crippen LogP contribution < -0.4 is 0 Å². The maximum Gasteiger partial charge on any atom is 0.0496 e. The number of halogens is 1. The molecule has 1 fully saturated rings. The average molecular weight is 467 g/mol. The molecular weight excluding hydrogens is 436 g/mol. The lowest BCUT2D eigenvalue weighted by atomic mass is 9.77. The standard InChI is InChI=1S/C29H29ClN2.C2H2/c1-21-10-13-26(30)20-27(21)32-16-6-9-28(32)29(3)14-17-31(18-15-29)22(2)24-12-11-23-7-4-5-8-25(23)19-24;1-2/h4-13,16,19-20H,2,14-15,17-18H2,1,3H3;1-2H. The minimum absolute atomic E-state index is 0.110. The van der Waals surface area contributed by atoms with Gasteiger partial charge in [0.2, 0.25) is 0 Å². The largest absolute Gasteiger partial charge is 0.371 e. The molecule has 2 nitrogen and oxygen atoms in total. The Morgan fingerprint density at radius 2 is 1.62 bits per heavy atom. The maximum atomic E-state index is 6.33. The zero-order valence-electron chi connectivity index (χ0n) is 20.0. The topological polar surface area (TPSA) is 8.17 Å². The van der Waals surface area contributed by atoms with Crippen LogP contribution in [-0.4, -0.2) is 22.6 Å². The van der Waals surface area contributed by atoms with Crippen LogP contribution in [0.3, 0.4) is 0 Å². The number of hydrogen-bond acceptors (Lipinski definition) is 1. The van der Waals surface area contributed by atoms with Crippen LogP contribution in [0.15, 0.2) is 85.6 Å². The van der Waals surface area contributed by atoms with E-state index in [1.165, 1.54) is 33.3 Å². The second-order valence-corrected chi connectivity index (χ2v) is 9.69. The van der Waals surface area contributed by atoms with Crippen molar-refractivity contribution in [2.45, 2.75) is 32.1 Å². The van der Waals surface area contributed by atoms with Crippen molar-refractivity contribution in [2.24, 2.45) is 0 Å². The number of benzene rings is 3. The van der Waals surface area contributed by atoms with Crippen LogP contribution in [0.4, 0.5) is 0 Å². The third-order valence-corrected chi connectivity index (χ3v) is 7.36. The van der Waals surface area contributed by atoms with E-state index in [0.717, 1.165) is 36.7 Å². The van der Waals surface area contributed by atoms with E-state index in [0.29, 0.717) is 0 Å². The fraction of sp³-hybridized carbons (Fsp3) is 0.226. The van der Waals surface area contributed by atoms with Crippen molar-refractivity contribution in [3.63, 3.8) is 0 Å². The van der Waals surface area contributed by atoms with E-state index in [-0.39, 0.29) is 5.41 Å². The summed E-state index contributed by atoms with van der Waals surface area (Å²) in [6, 6.07) is 25.7. The molecular formula is C31H31ClN2. The number of rotatable bonds is 4. The summed E-state index contributed by atoms with van der Waals surface area (Å²) in [5.74, 6) is 0.